The van der Waals surface area contributed by atoms with Gasteiger partial charge in [-0.25, -0.2) is 0 Å². The third-order valence-corrected chi connectivity index (χ3v) is 4.18. The van der Waals surface area contributed by atoms with Crippen molar-refractivity contribution in [1.82, 2.24) is 0 Å². The van der Waals surface area contributed by atoms with Gasteiger partial charge in [-0.05, 0) is 37.2 Å². The molecule has 0 spiro atoms. The van der Waals surface area contributed by atoms with E-state index in [1.165, 1.54) is 19.3 Å². The van der Waals surface area contributed by atoms with Crippen LogP contribution in [-0.4, -0.2) is 17.4 Å². The Morgan fingerprint density at radius 2 is 2.00 bits per heavy atom. The van der Waals surface area contributed by atoms with E-state index < -0.39 is 20.8 Å². The van der Waals surface area contributed by atoms with Crippen molar-refractivity contribution in [3.05, 3.63) is 29.3 Å². The number of phenolic OH excluding ortho intramolecular Hbond substituents is 1. The fourth-order valence-corrected chi connectivity index (χ4v) is 2.12. The Kier molecular flexibility index (Phi) is 8.53. The Labute approximate surface area is 146 Å². The van der Waals surface area contributed by atoms with E-state index >= 15 is 0 Å². The minimum atomic E-state index is -0.826. The number of hydrogen-bond acceptors (Lipinski definition) is 2. The summed E-state index contributed by atoms with van der Waals surface area (Å²) in [5.74, 6) is 0.396. The van der Waals surface area contributed by atoms with Gasteiger partial charge in [-0.2, -0.15) is 0 Å². The molecule has 1 fully saturated rings. The van der Waals surface area contributed by atoms with Crippen LogP contribution < -0.4 is 0 Å². The molecule has 1 saturated carbocycles. The normalized spacial score (nSPS) is 15.3. The van der Waals surface area contributed by atoms with E-state index in [1.54, 1.807) is 0 Å². The summed E-state index contributed by atoms with van der Waals surface area (Å²) in [5.41, 5.74) is 1.87. The second kappa shape index (κ2) is 9.33. The molecule has 2 nitrogen and oxygen atoms in total. The van der Waals surface area contributed by atoms with Gasteiger partial charge >= 0.3 is 37.9 Å². The van der Waals surface area contributed by atoms with Crippen molar-refractivity contribution in [2.45, 2.75) is 57.9 Å². The molecule has 0 atom stereocenters. The minimum absolute atomic E-state index is 0.00437. The summed E-state index contributed by atoms with van der Waals surface area (Å²) in [6.07, 6.45) is 6.52. The number of nitrogens with zero attached hydrogens (tertiary/aromatic N) is 1. The number of rotatable bonds is 4. The molecule has 1 N–H and O–H groups in total. The van der Waals surface area contributed by atoms with Crippen LogP contribution in [0, 0.1) is 0 Å². The monoisotopic (exact) mass is 405 g/mol. The van der Waals surface area contributed by atoms with E-state index in [9.17, 15) is 5.11 Å². The molecule has 0 aliphatic heterocycles. The zero-order valence-electron chi connectivity index (χ0n) is 12.9. The van der Waals surface area contributed by atoms with Gasteiger partial charge in [0.2, 0.25) is 0 Å². The van der Waals surface area contributed by atoms with Crippen LogP contribution in [0.1, 0.15) is 57.6 Å². The molecule has 116 valence electrons. The van der Waals surface area contributed by atoms with Crippen LogP contribution in [0.3, 0.4) is 0 Å². The molecule has 0 heterocycles. The van der Waals surface area contributed by atoms with E-state index in [2.05, 4.69) is 25.8 Å². The molecule has 0 bridgehead atoms. The van der Waals surface area contributed by atoms with Crippen molar-refractivity contribution in [1.29, 1.82) is 0 Å². The van der Waals surface area contributed by atoms with Crippen molar-refractivity contribution in [2.24, 2.45) is 4.99 Å². The van der Waals surface area contributed by atoms with Gasteiger partial charge in [-0.3, -0.25) is 4.99 Å². The summed E-state index contributed by atoms with van der Waals surface area (Å²) in [6.45, 7) is 6.47. The summed E-state index contributed by atoms with van der Waals surface area (Å²) in [7, 11) is 9.87. The van der Waals surface area contributed by atoms with Crippen molar-refractivity contribution in [2.75, 3.05) is 0 Å². The molecule has 0 aromatic heterocycles. The van der Waals surface area contributed by atoms with Gasteiger partial charge in [0.1, 0.15) is 5.75 Å². The molecule has 5 heteroatoms. The first-order valence-electron chi connectivity index (χ1n) is 7.28. The topological polar surface area (TPSA) is 32.6 Å². The molecule has 21 heavy (non-hydrogen) atoms. The second-order valence-corrected chi connectivity index (χ2v) is 9.65. The Hall–Kier alpha value is 0.153. The van der Waals surface area contributed by atoms with Gasteiger partial charge < -0.3 is 5.11 Å². The van der Waals surface area contributed by atoms with Crippen LogP contribution in [-0.2, 0) is 26.3 Å². The third kappa shape index (κ3) is 5.69. The van der Waals surface area contributed by atoms with E-state index in [4.69, 9.17) is 17.0 Å². The first-order valence-corrected chi connectivity index (χ1v) is 13.6. The molecular weight excluding hydrogens is 384 g/mol. The number of para-hydroxylation sites is 1. The summed E-state index contributed by atoms with van der Waals surface area (Å²) < 4.78 is 0. The number of halogens is 2. The maximum atomic E-state index is 10.4. The number of aliphatic imine (C=N–C) groups is 1. The van der Waals surface area contributed by atoms with Gasteiger partial charge in [0.05, 0.1) is 0 Å². The van der Waals surface area contributed by atoms with Crippen LogP contribution >= 0.6 is 17.0 Å². The predicted octanol–water partition coefficient (Wildman–Crippen LogP) is 5.43. The SMILES string of the molecule is CCC(C)(C)c1cccc(C=NC2CCC2)c1O.[Cl][Zr][Cl]. The Morgan fingerprint density at radius 3 is 2.48 bits per heavy atom. The second-order valence-electron chi connectivity index (χ2n) is 5.92. The third-order valence-electron chi connectivity index (χ3n) is 4.18. The van der Waals surface area contributed by atoms with E-state index in [0.717, 1.165) is 17.5 Å². The molecule has 0 radical (unpaired) electrons. The van der Waals surface area contributed by atoms with Crippen LogP contribution in [0.2, 0.25) is 0 Å². The summed E-state index contributed by atoms with van der Waals surface area (Å²) in [6, 6.07) is 6.44. The zero-order valence-corrected chi connectivity index (χ0v) is 16.8. The van der Waals surface area contributed by atoms with Crippen LogP contribution in [0.5, 0.6) is 5.75 Å². The van der Waals surface area contributed by atoms with Gasteiger partial charge in [0.25, 0.3) is 0 Å². The number of hydrogen-bond donors (Lipinski definition) is 1. The summed E-state index contributed by atoms with van der Waals surface area (Å²) >= 11 is -0.826. The van der Waals surface area contributed by atoms with E-state index in [0.29, 0.717) is 11.8 Å². The predicted molar refractivity (Wildman–Crippen MR) is 88.4 cm³/mol. The average molecular weight is 407 g/mol. The first-order chi connectivity index (χ1) is 9.96. The van der Waals surface area contributed by atoms with Gasteiger partial charge in [0.15, 0.2) is 0 Å². The fraction of sp³-hybridized carbons (Fsp3) is 0.562. The van der Waals surface area contributed by atoms with Crippen molar-refractivity contribution >= 4 is 23.2 Å². The van der Waals surface area contributed by atoms with Crippen LogP contribution in [0.4, 0.5) is 0 Å². The summed E-state index contributed by atoms with van der Waals surface area (Å²) in [4.78, 5) is 4.52. The Morgan fingerprint density at radius 1 is 1.38 bits per heavy atom. The Bertz CT molecular complexity index is 473. The molecule has 2 rings (SSSR count). The Balaban J connectivity index is 0.000000677. The molecule has 1 aliphatic rings. The van der Waals surface area contributed by atoms with Gasteiger partial charge in [0, 0.05) is 23.4 Å². The van der Waals surface area contributed by atoms with Crippen molar-refractivity contribution < 1.29 is 26.0 Å². The quantitative estimate of drug-likeness (QED) is 0.664. The van der Waals surface area contributed by atoms with Crippen LogP contribution in [0.25, 0.3) is 0 Å². The molecule has 1 aliphatic carbocycles. The average Bonchev–Trinajstić information content (AvgIpc) is 2.39. The molecule has 0 unspecified atom stereocenters. The number of phenols is 1. The zero-order chi connectivity index (χ0) is 15.9. The number of aromatic hydroxyl groups is 1. The number of benzene rings is 1. The first kappa shape index (κ1) is 19.2. The molecule has 1 aromatic rings. The molecule has 0 saturated heterocycles. The molecule has 0 amide bonds. The van der Waals surface area contributed by atoms with Crippen molar-refractivity contribution in [3.8, 4) is 5.75 Å². The molecular formula is C16H23Cl2NOZr. The maximum absolute atomic E-state index is 10.4. The standard InChI is InChI=1S/C16H23NO.2ClH.Zr/c1-4-16(2,3)14-10-5-7-12(15(14)18)11-17-13-8-6-9-13;;;/h5,7,10-11,13,18H,4,6,8-9H2,1-3H3;2*1H;/q;;;+2/p-2. The van der Waals surface area contributed by atoms with Gasteiger partial charge in [-0.15, -0.1) is 0 Å². The van der Waals surface area contributed by atoms with E-state index in [-0.39, 0.29) is 5.41 Å². The van der Waals surface area contributed by atoms with Gasteiger partial charge in [-0.1, -0.05) is 32.9 Å². The van der Waals surface area contributed by atoms with Crippen molar-refractivity contribution in [3.63, 3.8) is 0 Å². The van der Waals surface area contributed by atoms with E-state index in [1.807, 2.05) is 24.4 Å². The van der Waals surface area contributed by atoms with Crippen LogP contribution in [0.15, 0.2) is 23.2 Å². The fourth-order valence-electron chi connectivity index (χ4n) is 2.12. The summed E-state index contributed by atoms with van der Waals surface area (Å²) in [5, 5.41) is 10.4. The molecule has 1 aromatic carbocycles.